The summed E-state index contributed by atoms with van der Waals surface area (Å²) in [5, 5.41) is 0. The van der Waals surface area contributed by atoms with Gasteiger partial charge in [-0.15, -0.1) is 0 Å². The summed E-state index contributed by atoms with van der Waals surface area (Å²) < 4.78 is 164. The van der Waals surface area contributed by atoms with Crippen LogP contribution in [0.5, 0.6) is 0 Å². The van der Waals surface area contributed by atoms with E-state index in [-0.39, 0.29) is 30.7 Å². The van der Waals surface area contributed by atoms with Crippen LogP contribution < -0.4 is 0 Å². The highest BCUT2D eigenvalue weighted by Crippen LogP contribution is 2.35. The molecule has 0 aromatic carbocycles. The van der Waals surface area contributed by atoms with Crippen molar-refractivity contribution >= 4 is 9.90 Å². The third kappa shape index (κ3) is 15.4. The Hall–Kier alpha value is -0.620. The molecule has 1 unspecified atom stereocenters. The Kier molecular flexibility index (Phi) is 12.0. The Bertz CT molecular complexity index is 251. The van der Waals surface area contributed by atoms with Gasteiger partial charge in [-0.2, -0.15) is 75.8 Å². The normalized spacial score (nSPS) is 13.7. The van der Waals surface area contributed by atoms with Gasteiger partial charge in [0.15, 0.2) is 0 Å². The number of hydrogen-bond acceptors (Lipinski definition) is 0. The van der Waals surface area contributed by atoms with Crippen LogP contribution in [-0.4, -0.2) is 36.3 Å². The predicted octanol–water partition coefficient (Wildman–Crippen LogP) is 6.67. The summed E-state index contributed by atoms with van der Waals surface area (Å²) in [4.78, 5) is 0. The van der Waals surface area contributed by atoms with Gasteiger partial charge in [0.25, 0.3) is 0 Å². The fourth-order valence-electron chi connectivity index (χ4n) is 0. The SMILES string of the molecule is CC(F)(F)C(F)(F)F.CC(F)(F)C(F)(F)F.CC(F)(F)C(F)(F)F.P. The minimum absolute atomic E-state index is 0. The first kappa shape index (κ1) is 32.1. The molecule has 0 radical (unpaired) electrons. The van der Waals surface area contributed by atoms with Crippen molar-refractivity contribution in [3.63, 3.8) is 0 Å². The quantitative estimate of drug-likeness (QED) is 0.294. The summed E-state index contributed by atoms with van der Waals surface area (Å²) in [5.41, 5.74) is 0. The maximum atomic E-state index is 11.1. The summed E-state index contributed by atoms with van der Waals surface area (Å²) in [6.07, 6.45) is -16.2. The molecular weight excluding hydrogens is 424 g/mol. The Morgan fingerprint density at radius 3 is 0.360 bits per heavy atom. The van der Waals surface area contributed by atoms with E-state index in [4.69, 9.17) is 0 Å². The molecule has 0 N–H and O–H groups in total. The zero-order valence-corrected chi connectivity index (χ0v) is 13.8. The maximum absolute atomic E-state index is 11.1. The number of hydrogen-bond donors (Lipinski definition) is 0. The summed E-state index contributed by atoms with van der Waals surface area (Å²) >= 11 is 0. The van der Waals surface area contributed by atoms with E-state index in [1.165, 1.54) is 0 Å². The first-order valence-corrected chi connectivity index (χ1v) is 5.08. The maximum Gasteiger partial charge on any atom is 0.452 e. The molecule has 0 saturated carbocycles. The van der Waals surface area contributed by atoms with Crippen molar-refractivity contribution in [1.29, 1.82) is 0 Å². The summed E-state index contributed by atoms with van der Waals surface area (Å²) in [6, 6.07) is 0. The van der Waals surface area contributed by atoms with Gasteiger partial charge in [-0.05, 0) is 0 Å². The average molecular weight is 436 g/mol. The highest BCUT2D eigenvalue weighted by molar-refractivity contribution is 6.92. The topological polar surface area (TPSA) is 0 Å². The van der Waals surface area contributed by atoms with Gasteiger partial charge in [0.1, 0.15) is 0 Å². The Balaban J connectivity index is -0.000000130. The molecule has 1 atom stereocenters. The smallest absolute Gasteiger partial charge is 0.197 e. The standard InChI is InChI=1S/3C3H3F5.H3P/c3*1-2(4,5)3(6,7)8;/h3*1H3;1H3. The van der Waals surface area contributed by atoms with Gasteiger partial charge in [-0.1, -0.05) is 0 Å². The van der Waals surface area contributed by atoms with Crippen LogP contribution in [0.2, 0.25) is 0 Å². The Morgan fingerprint density at radius 1 is 0.320 bits per heavy atom. The van der Waals surface area contributed by atoms with E-state index in [1.807, 2.05) is 0 Å². The molecule has 0 spiro atoms. The lowest BCUT2D eigenvalue weighted by Crippen LogP contribution is -2.32. The second-order valence-electron chi connectivity index (χ2n) is 4.16. The van der Waals surface area contributed by atoms with E-state index in [2.05, 4.69) is 0 Å². The van der Waals surface area contributed by atoms with E-state index in [0.717, 1.165) is 0 Å². The first-order chi connectivity index (χ1) is 9.75. The van der Waals surface area contributed by atoms with Crippen molar-refractivity contribution in [3.05, 3.63) is 0 Å². The molecule has 16 heteroatoms. The second kappa shape index (κ2) is 9.36. The van der Waals surface area contributed by atoms with Crippen LogP contribution in [0.4, 0.5) is 65.9 Å². The van der Waals surface area contributed by atoms with Crippen molar-refractivity contribution in [2.45, 2.75) is 57.1 Å². The lowest BCUT2D eigenvalue weighted by Gasteiger charge is -2.12. The van der Waals surface area contributed by atoms with Crippen LogP contribution in [0, 0.1) is 0 Å². The largest absolute Gasteiger partial charge is 0.452 e. The van der Waals surface area contributed by atoms with Crippen molar-refractivity contribution in [1.82, 2.24) is 0 Å². The molecule has 25 heavy (non-hydrogen) atoms. The molecule has 0 fully saturated rings. The zero-order valence-electron chi connectivity index (χ0n) is 12.4. The number of alkyl halides is 15. The molecule has 0 aliphatic heterocycles. The summed E-state index contributed by atoms with van der Waals surface area (Å²) in [5.74, 6) is -13.7. The lowest BCUT2D eigenvalue weighted by molar-refractivity contribution is -0.273. The molecule has 0 amide bonds. The third-order valence-corrected chi connectivity index (χ3v) is 1.49. The molecule has 0 aliphatic rings. The van der Waals surface area contributed by atoms with E-state index in [9.17, 15) is 65.9 Å². The number of rotatable bonds is 0. The van der Waals surface area contributed by atoms with Crippen LogP contribution in [0.15, 0.2) is 0 Å². The zero-order chi connectivity index (χ0) is 21.0. The van der Waals surface area contributed by atoms with Gasteiger partial charge >= 0.3 is 36.3 Å². The van der Waals surface area contributed by atoms with Crippen LogP contribution >= 0.6 is 9.90 Å². The van der Waals surface area contributed by atoms with E-state index in [1.54, 1.807) is 0 Å². The molecular formula is C9H12F15P. The van der Waals surface area contributed by atoms with Gasteiger partial charge in [-0.3, -0.25) is 0 Å². The number of halogens is 15. The van der Waals surface area contributed by atoms with Gasteiger partial charge < -0.3 is 0 Å². The third-order valence-electron chi connectivity index (χ3n) is 1.49. The molecule has 158 valence electrons. The minimum atomic E-state index is -5.40. The van der Waals surface area contributed by atoms with E-state index >= 15 is 0 Å². The highest BCUT2D eigenvalue weighted by atomic mass is 31.0. The van der Waals surface area contributed by atoms with Gasteiger partial charge in [0.05, 0.1) is 0 Å². The molecule has 0 aliphatic carbocycles. The molecule has 0 bridgehead atoms. The molecule has 0 saturated heterocycles. The van der Waals surface area contributed by atoms with Gasteiger partial charge in [0.2, 0.25) is 0 Å². The molecule has 0 heterocycles. The van der Waals surface area contributed by atoms with Crippen molar-refractivity contribution < 1.29 is 65.9 Å². The Morgan fingerprint density at radius 2 is 0.360 bits per heavy atom. The van der Waals surface area contributed by atoms with Crippen LogP contribution in [0.1, 0.15) is 20.8 Å². The molecule has 0 aromatic heterocycles. The summed E-state index contributed by atoms with van der Waals surface area (Å²) in [7, 11) is 0. The van der Waals surface area contributed by atoms with E-state index < -0.39 is 36.3 Å². The van der Waals surface area contributed by atoms with Crippen molar-refractivity contribution in [3.8, 4) is 0 Å². The fourth-order valence-corrected chi connectivity index (χ4v) is 0. The second-order valence-corrected chi connectivity index (χ2v) is 4.16. The van der Waals surface area contributed by atoms with Crippen LogP contribution in [-0.2, 0) is 0 Å². The summed E-state index contributed by atoms with van der Waals surface area (Å²) in [6.45, 7) is -0.562. The lowest BCUT2D eigenvalue weighted by atomic mass is 10.4. The van der Waals surface area contributed by atoms with Crippen molar-refractivity contribution in [2.75, 3.05) is 0 Å². The average Bonchev–Trinajstić information content (AvgIpc) is 2.08. The van der Waals surface area contributed by atoms with Crippen LogP contribution in [0.25, 0.3) is 0 Å². The van der Waals surface area contributed by atoms with Gasteiger partial charge in [0, 0.05) is 20.8 Å². The minimum Gasteiger partial charge on any atom is -0.197 e. The van der Waals surface area contributed by atoms with Gasteiger partial charge in [-0.25, -0.2) is 0 Å². The highest BCUT2D eigenvalue weighted by Gasteiger charge is 2.54. The van der Waals surface area contributed by atoms with Crippen LogP contribution in [0.3, 0.4) is 0 Å². The van der Waals surface area contributed by atoms with Crippen molar-refractivity contribution in [2.24, 2.45) is 0 Å². The molecule has 0 nitrogen and oxygen atoms in total. The predicted molar refractivity (Wildman–Crippen MR) is 61.1 cm³/mol. The monoisotopic (exact) mass is 436 g/mol. The molecule has 0 rings (SSSR count). The first-order valence-electron chi connectivity index (χ1n) is 5.08. The Labute approximate surface area is 134 Å². The fraction of sp³-hybridized carbons (Fsp3) is 1.00. The van der Waals surface area contributed by atoms with E-state index in [0.29, 0.717) is 0 Å². The molecule has 0 aromatic rings.